The molecule has 1 aromatic carbocycles. The second-order valence-electron chi connectivity index (χ2n) is 6.02. The molecule has 1 aliphatic heterocycles. The van der Waals surface area contributed by atoms with Gasteiger partial charge in [-0.25, -0.2) is 0 Å². The fraction of sp³-hybridized carbons (Fsp3) is 0.588. The van der Waals surface area contributed by atoms with Gasteiger partial charge in [0.1, 0.15) is 0 Å². The van der Waals surface area contributed by atoms with Crippen molar-refractivity contribution >= 4 is 23.0 Å². The second kappa shape index (κ2) is 7.23. The highest BCUT2D eigenvalue weighted by atomic mass is 32.1. The van der Waals surface area contributed by atoms with E-state index in [0.29, 0.717) is 5.92 Å². The van der Waals surface area contributed by atoms with Crippen LogP contribution >= 0.6 is 12.2 Å². The van der Waals surface area contributed by atoms with E-state index >= 15 is 0 Å². The van der Waals surface area contributed by atoms with Crippen LogP contribution in [0, 0.1) is 0 Å². The Morgan fingerprint density at radius 1 is 1.29 bits per heavy atom. The van der Waals surface area contributed by atoms with Crippen molar-refractivity contribution in [1.29, 1.82) is 0 Å². The second-order valence-corrected chi connectivity index (χ2v) is 6.41. The van der Waals surface area contributed by atoms with Crippen molar-refractivity contribution in [1.82, 2.24) is 4.90 Å². The van der Waals surface area contributed by atoms with Gasteiger partial charge in [-0.3, -0.25) is 0 Å². The molecule has 21 heavy (non-hydrogen) atoms. The number of nitrogens with zero attached hydrogens (tertiary/aromatic N) is 1. The number of morpholine rings is 1. The number of rotatable bonds is 3. The van der Waals surface area contributed by atoms with Gasteiger partial charge in [-0.15, -0.1) is 0 Å². The maximum absolute atomic E-state index is 5.74. The van der Waals surface area contributed by atoms with Gasteiger partial charge in [-0.05, 0) is 56.1 Å². The van der Waals surface area contributed by atoms with Gasteiger partial charge in [0.15, 0.2) is 5.11 Å². The number of benzene rings is 1. The van der Waals surface area contributed by atoms with E-state index < -0.39 is 0 Å². The third-order valence-corrected chi connectivity index (χ3v) is 4.41. The Kier molecular flexibility index (Phi) is 5.59. The number of thiocarbonyl (C=S) groups is 1. The molecule has 0 aromatic heterocycles. The maximum Gasteiger partial charge on any atom is 0.173 e. The number of anilines is 1. The summed E-state index contributed by atoms with van der Waals surface area (Å²) in [7, 11) is 0. The first-order chi connectivity index (χ1) is 9.99. The predicted octanol–water partition coefficient (Wildman–Crippen LogP) is 4.01. The summed E-state index contributed by atoms with van der Waals surface area (Å²) in [5, 5.41) is 4.12. The first kappa shape index (κ1) is 16.2. The van der Waals surface area contributed by atoms with E-state index in [1.54, 1.807) is 0 Å². The van der Waals surface area contributed by atoms with Crippen molar-refractivity contribution in [2.75, 3.05) is 18.4 Å². The Bertz CT molecular complexity index is 464. The van der Waals surface area contributed by atoms with Gasteiger partial charge in [0, 0.05) is 18.8 Å². The molecular formula is C17H26N2OS. The minimum atomic E-state index is 0.223. The third kappa shape index (κ3) is 4.42. The van der Waals surface area contributed by atoms with Crippen LogP contribution in [0.25, 0.3) is 0 Å². The molecule has 2 rings (SSSR count). The van der Waals surface area contributed by atoms with Gasteiger partial charge in [-0.1, -0.05) is 26.0 Å². The molecule has 0 aliphatic carbocycles. The molecule has 1 saturated heterocycles. The summed E-state index contributed by atoms with van der Waals surface area (Å²) in [6, 6.07) is 8.59. The Hall–Kier alpha value is -1.13. The molecule has 0 radical (unpaired) electrons. The first-order valence-corrected chi connectivity index (χ1v) is 8.21. The van der Waals surface area contributed by atoms with Crippen molar-refractivity contribution < 1.29 is 4.74 Å². The van der Waals surface area contributed by atoms with Gasteiger partial charge in [-0.2, -0.15) is 0 Å². The first-order valence-electron chi connectivity index (χ1n) is 7.81. The van der Waals surface area contributed by atoms with Gasteiger partial charge in [0.25, 0.3) is 0 Å². The lowest BCUT2D eigenvalue weighted by Gasteiger charge is -2.36. The summed E-state index contributed by atoms with van der Waals surface area (Å²) in [4.78, 5) is 2.19. The highest BCUT2D eigenvalue weighted by molar-refractivity contribution is 7.80. The average Bonchev–Trinajstić information content (AvgIpc) is 2.46. The molecule has 0 spiro atoms. The van der Waals surface area contributed by atoms with Gasteiger partial charge in [0.2, 0.25) is 0 Å². The van der Waals surface area contributed by atoms with Crippen molar-refractivity contribution in [3.63, 3.8) is 0 Å². The topological polar surface area (TPSA) is 24.5 Å². The molecule has 1 N–H and O–H groups in total. The fourth-order valence-electron chi connectivity index (χ4n) is 2.68. The maximum atomic E-state index is 5.74. The normalized spacial score (nSPS) is 23.7. The van der Waals surface area contributed by atoms with Crippen LogP contribution in [0.5, 0.6) is 0 Å². The van der Waals surface area contributed by atoms with Crippen LogP contribution in [0.2, 0.25) is 0 Å². The van der Waals surface area contributed by atoms with E-state index in [9.17, 15) is 0 Å². The molecule has 3 nitrogen and oxygen atoms in total. The zero-order chi connectivity index (χ0) is 15.4. The molecule has 0 bridgehead atoms. The smallest absolute Gasteiger partial charge is 0.173 e. The van der Waals surface area contributed by atoms with Crippen LogP contribution in [0.1, 0.15) is 45.6 Å². The standard InChI is InChI=1S/C17H26N2OS/c1-5-12(2)15-6-8-16(9-7-15)18-17(21)19-10-13(3)20-14(4)11-19/h6-9,12-14H,5,10-11H2,1-4H3,(H,18,21)/t12-,13-,14+/m0/s1. The molecule has 1 aliphatic rings. The minimum Gasteiger partial charge on any atom is -0.372 e. The molecular weight excluding hydrogens is 280 g/mol. The molecule has 116 valence electrons. The lowest BCUT2D eigenvalue weighted by atomic mass is 9.99. The Balaban J connectivity index is 1.96. The highest BCUT2D eigenvalue weighted by Gasteiger charge is 2.23. The SMILES string of the molecule is CC[C@H](C)c1ccc(NC(=S)N2C[C@@H](C)O[C@@H](C)C2)cc1. The minimum absolute atomic E-state index is 0.223. The molecule has 0 amide bonds. The van der Waals surface area contributed by atoms with E-state index in [1.165, 1.54) is 5.56 Å². The van der Waals surface area contributed by atoms with E-state index in [2.05, 4.69) is 62.2 Å². The number of hydrogen-bond acceptors (Lipinski definition) is 2. The van der Waals surface area contributed by atoms with Crippen molar-refractivity contribution in [3.05, 3.63) is 29.8 Å². The van der Waals surface area contributed by atoms with Gasteiger partial charge in [0.05, 0.1) is 12.2 Å². The van der Waals surface area contributed by atoms with Crippen molar-refractivity contribution in [2.24, 2.45) is 0 Å². The molecule has 3 atom stereocenters. The predicted molar refractivity (Wildman–Crippen MR) is 93.0 cm³/mol. The molecule has 1 fully saturated rings. The fourth-order valence-corrected chi connectivity index (χ4v) is 2.94. The monoisotopic (exact) mass is 306 g/mol. The Labute approximate surface area is 133 Å². The Morgan fingerprint density at radius 3 is 2.38 bits per heavy atom. The molecule has 0 unspecified atom stereocenters. The molecule has 4 heteroatoms. The van der Waals surface area contributed by atoms with Gasteiger partial charge < -0.3 is 15.0 Å². The number of nitrogens with one attached hydrogen (secondary N) is 1. The lowest BCUT2D eigenvalue weighted by Crippen LogP contribution is -2.49. The summed E-state index contributed by atoms with van der Waals surface area (Å²) in [6.07, 6.45) is 1.61. The van der Waals surface area contributed by atoms with Crippen LogP contribution in [0.15, 0.2) is 24.3 Å². The van der Waals surface area contributed by atoms with E-state index in [-0.39, 0.29) is 12.2 Å². The summed E-state index contributed by atoms with van der Waals surface area (Å²) < 4.78 is 5.74. The van der Waals surface area contributed by atoms with E-state index in [1.807, 2.05) is 0 Å². The summed E-state index contributed by atoms with van der Waals surface area (Å²) in [5.41, 5.74) is 2.43. The Morgan fingerprint density at radius 2 is 1.86 bits per heavy atom. The number of ether oxygens (including phenoxy) is 1. The third-order valence-electron chi connectivity index (χ3n) is 4.05. The zero-order valence-electron chi connectivity index (χ0n) is 13.4. The summed E-state index contributed by atoms with van der Waals surface area (Å²) >= 11 is 5.53. The van der Waals surface area contributed by atoms with Crippen molar-refractivity contribution in [3.8, 4) is 0 Å². The highest BCUT2D eigenvalue weighted by Crippen LogP contribution is 2.21. The van der Waals surface area contributed by atoms with Crippen LogP contribution < -0.4 is 5.32 Å². The molecule has 0 saturated carbocycles. The quantitative estimate of drug-likeness (QED) is 0.853. The molecule has 1 heterocycles. The van der Waals surface area contributed by atoms with Crippen LogP contribution in [0.3, 0.4) is 0 Å². The van der Waals surface area contributed by atoms with Crippen LogP contribution in [-0.4, -0.2) is 35.3 Å². The summed E-state index contributed by atoms with van der Waals surface area (Å²) in [5.74, 6) is 0.604. The van der Waals surface area contributed by atoms with Crippen LogP contribution in [0.4, 0.5) is 5.69 Å². The van der Waals surface area contributed by atoms with E-state index in [4.69, 9.17) is 17.0 Å². The van der Waals surface area contributed by atoms with E-state index in [0.717, 1.165) is 30.3 Å². The zero-order valence-corrected chi connectivity index (χ0v) is 14.2. The number of hydrogen-bond donors (Lipinski definition) is 1. The molecule has 1 aromatic rings. The van der Waals surface area contributed by atoms with Gasteiger partial charge >= 0.3 is 0 Å². The van der Waals surface area contributed by atoms with Crippen molar-refractivity contribution in [2.45, 2.75) is 52.2 Å². The lowest BCUT2D eigenvalue weighted by molar-refractivity contribution is -0.0473. The average molecular weight is 306 g/mol. The summed E-state index contributed by atoms with van der Waals surface area (Å²) in [6.45, 7) is 10.3. The largest absolute Gasteiger partial charge is 0.372 e. The van der Waals surface area contributed by atoms with Crippen LogP contribution in [-0.2, 0) is 4.74 Å².